The second kappa shape index (κ2) is 4.05. The third-order valence-electron chi connectivity index (χ3n) is 2.52. The van der Waals surface area contributed by atoms with Crippen molar-refractivity contribution in [2.24, 2.45) is 0 Å². The van der Waals surface area contributed by atoms with E-state index in [0.717, 1.165) is 0 Å². The quantitative estimate of drug-likeness (QED) is 0.535. The van der Waals surface area contributed by atoms with Crippen LogP contribution in [0.25, 0.3) is 0 Å². The van der Waals surface area contributed by atoms with Crippen LogP contribution in [0.15, 0.2) is 0 Å². The van der Waals surface area contributed by atoms with Gasteiger partial charge >= 0.3 is 15.6 Å². The lowest BCUT2D eigenvalue weighted by Crippen LogP contribution is -2.37. The van der Waals surface area contributed by atoms with Crippen molar-refractivity contribution < 1.29 is 40.4 Å². The van der Waals surface area contributed by atoms with Gasteiger partial charge in [-0.25, -0.2) is 0 Å². The Morgan fingerprint density at radius 3 is 2.35 bits per heavy atom. The molecule has 10 heteroatoms. The van der Waals surface area contributed by atoms with E-state index in [0.29, 0.717) is 0 Å². The molecule has 100 valence electrons. The molecule has 2 aliphatic heterocycles. The van der Waals surface area contributed by atoms with Gasteiger partial charge in [0, 0.05) is 0 Å². The smallest absolute Gasteiger partial charge is 0.388 e. The minimum atomic E-state index is -5.68. The molecule has 0 bridgehead atoms. The van der Waals surface area contributed by atoms with Crippen LogP contribution in [0.5, 0.6) is 0 Å². The van der Waals surface area contributed by atoms with Crippen LogP contribution in [0, 0.1) is 0 Å². The first-order valence-corrected chi connectivity index (χ1v) is 6.04. The number of aliphatic hydroxyl groups is 1. The zero-order valence-corrected chi connectivity index (χ0v) is 9.07. The fraction of sp³-hybridized carbons (Fsp3) is 1.00. The highest BCUT2D eigenvalue weighted by Gasteiger charge is 2.54. The van der Waals surface area contributed by atoms with Crippen LogP contribution >= 0.6 is 0 Å². The van der Waals surface area contributed by atoms with E-state index in [-0.39, 0.29) is 13.2 Å². The number of ether oxygens (including phenoxy) is 2. The van der Waals surface area contributed by atoms with Crippen molar-refractivity contribution in [3.8, 4) is 0 Å². The number of alkyl halides is 3. The summed E-state index contributed by atoms with van der Waals surface area (Å²) in [7, 11) is -5.68. The molecule has 0 aromatic carbocycles. The van der Waals surface area contributed by atoms with Gasteiger partial charge in [-0.15, -0.1) is 0 Å². The summed E-state index contributed by atoms with van der Waals surface area (Å²) in [6.45, 7) is -0.497. The summed E-state index contributed by atoms with van der Waals surface area (Å²) in [5.74, 6) is 0. The summed E-state index contributed by atoms with van der Waals surface area (Å²) < 4.78 is 71.6. The Morgan fingerprint density at radius 1 is 1.18 bits per heavy atom. The highest BCUT2D eigenvalue weighted by Crippen LogP contribution is 2.33. The first-order chi connectivity index (χ1) is 7.72. The van der Waals surface area contributed by atoms with Crippen molar-refractivity contribution in [1.82, 2.24) is 0 Å². The van der Waals surface area contributed by atoms with Crippen molar-refractivity contribution in [1.29, 1.82) is 0 Å². The molecule has 2 saturated heterocycles. The fourth-order valence-corrected chi connectivity index (χ4v) is 2.34. The number of aliphatic hydroxyl groups excluding tert-OH is 1. The molecule has 1 N–H and O–H groups in total. The maximum atomic E-state index is 12.1. The van der Waals surface area contributed by atoms with E-state index < -0.39 is 40.0 Å². The van der Waals surface area contributed by atoms with Gasteiger partial charge in [-0.2, -0.15) is 21.6 Å². The molecule has 0 radical (unpaired) electrons. The van der Waals surface area contributed by atoms with Gasteiger partial charge in [0.1, 0.15) is 24.4 Å². The predicted octanol–water partition coefficient (Wildman–Crippen LogP) is -0.620. The molecule has 2 fully saturated rings. The molecule has 0 amide bonds. The largest absolute Gasteiger partial charge is 0.523 e. The first-order valence-electron chi connectivity index (χ1n) is 4.63. The number of halogens is 3. The molecule has 0 aliphatic carbocycles. The van der Waals surface area contributed by atoms with Crippen LogP contribution in [0.2, 0.25) is 0 Å². The van der Waals surface area contributed by atoms with Crippen molar-refractivity contribution in [3.63, 3.8) is 0 Å². The lowest BCUT2D eigenvalue weighted by Gasteiger charge is -2.17. The van der Waals surface area contributed by atoms with Gasteiger partial charge in [-0.1, -0.05) is 0 Å². The molecule has 0 spiro atoms. The molecule has 0 aromatic heterocycles. The summed E-state index contributed by atoms with van der Waals surface area (Å²) >= 11 is 0. The number of fused-ring (bicyclic) bond motifs is 1. The zero-order chi connectivity index (χ0) is 12.8. The fourth-order valence-electron chi connectivity index (χ4n) is 1.74. The van der Waals surface area contributed by atoms with Crippen LogP contribution < -0.4 is 0 Å². The average molecular weight is 278 g/mol. The van der Waals surface area contributed by atoms with E-state index >= 15 is 0 Å². The van der Waals surface area contributed by atoms with Crippen molar-refractivity contribution in [2.75, 3.05) is 13.2 Å². The number of rotatable bonds is 2. The van der Waals surface area contributed by atoms with Crippen LogP contribution in [0.3, 0.4) is 0 Å². The summed E-state index contributed by atoms with van der Waals surface area (Å²) in [6.07, 6.45) is -4.21. The first kappa shape index (κ1) is 13.0. The van der Waals surface area contributed by atoms with E-state index in [1.54, 1.807) is 0 Å². The van der Waals surface area contributed by atoms with Crippen LogP contribution in [0.1, 0.15) is 0 Å². The minimum Gasteiger partial charge on any atom is -0.388 e. The molecule has 4 atom stereocenters. The Kier molecular flexibility index (Phi) is 3.11. The predicted molar refractivity (Wildman–Crippen MR) is 45.3 cm³/mol. The third kappa shape index (κ3) is 2.27. The number of hydrogen-bond acceptors (Lipinski definition) is 6. The lowest BCUT2D eigenvalue weighted by atomic mass is 10.1. The van der Waals surface area contributed by atoms with Crippen LogP contribution in [0.4, 0.5) is 13.2 Å². The Hall–Kier alpha value is -0.420. The van der Waals surface area contributed by atoms with E-state index in [9.17, 15) is 26.7 Å². The topological polar surface area (TPSA) is 82.1 Å². The Labute approximate surface area is 94.4 Å². The molecule has 0 aromatic rings. The van der Waals surface area contributed by atoms with Gasteiger partial charge in [-0.05, 0) is 0 Å². The zero-order valence-electron chi connectivity index (χ0n) is 8.25. The molecule has 0 unspecified atom stereocenters. The Morgan fingerprint density at radius 2 is 1.76 bits per heavy atom. The van der Waals surface area contributed by atoms with Gasteiger partial charge in [0.15, 0.2) is 0 Å². The van der Waals surface area contributed by atoms with Crippen LogP contribution in [-0.4, -0.2) is 56.7 Å². The summed E-state index contributed by atoms with van der Waals surface area (Å²) in [6, 6.07) is 0. The molecule has 2 heterocycles. The van der Waals surface area contributed by atoms with E-state index in [1.807, 2.05) is 0 Å². The normalized spacial score (nSPS) is 38.4. The molecular formula is C7H9F3O6S. The second-order valence-corrected chi connectivity index (χ2v) is 5.26. The summed E-state index contributed by atoms with van der Waals surface area (Å²) in [4.78, 5) is 0. The molecule has 6 nitrogen and oxygen atoms in total. The molecule has 17 heavy (non-hydrogen) atoms. The van der Waals surface area contributed by atoms with Gasteiger partial charge in [-0.3, -0.25) is 4.18 Å². The average Bonchev–Trinajstić information content (AvgIpc) is 2.70. The summed E-state index contributed by atoms with van der Waals surface area (Å²) in [5.41, 5.74) is -5.48. The molecule has 2 aliphatic rings. The standard InChI is InChI=1S/C7H9F3O6S/c8-7(9,10)17(12,13)16-4-2-15-5-3(11)1-14-6(4)5/h3-6,11H,1-2H2/t3-,4+,5-,6-/m1/s1. The Bertz CT molecular complexity index is 393. The van der Waals surface area contributed by atoms with Gasteiger partial charge < -0.3 is 14.6 Å². The van der Waals surface area contributed by atoms with Crippen molar-refractivity contribution in [2.45, 2.75) is 29.9 Å². The van der Waals surface area contributed by atoms with Gasteiger partial charge in [0.05, 0.1) is 13.2 Å². The monoisotopic (exact) mass is 278 g/mol. The third-order valence-corrected chi connectivity index (χ3v) is 3.58. The maximum absolute atomic E-state index is 12.1. The van der Waals surface area contributed by atoms with E-state index in [1.165, 1.54) is 0 Å². The summed E-state index contributed by atoms with van der Waals surface area (Å²) in [5, 5.41) is 9.30. The van der Waals surface area contributed by atoms with Gasteiger partial charge in [0.2, 0.25) is 0 Å². The Balaban J connectivity index is 2.07. The molecule has 2 rings (SSSR count). The van der Waals surface area contributed by atoms with E-state index in [4.69, 9.17) is 9.47 Å². The second-order valence-electron chi connectivity index (χ2n) is 3.70. The highest BCUT2D eigenvalue weighted by molar-refractivity contribution is 7.87. The van der Waals surface area contributed by atoms with Crippen molar-refractivity contribution >= 4 is 10.1 Å². The SMILES string of the molecule is O=S(=O)(O[C@H]1CO[C@H]2[C@@H]1OC[C@H]2O)C(F)(F)F. The highest BCUT2D eigenvalue weighted by atomic mass is 32.2. The maximum Gasteiger partial charge on any atom is 0.523 e. The molecular weight excluding hydrogens is 269 g/mol. The van der Waals surface area contributed by atoms with Crippen molar-refractivity contribution in [3.05, 3.63) is 0 Å². The number of hydrogen-bond donors (Lipinski definition) is 1. The lowest BCUT2D eigenvalue weighted by molar-refractivity contribution is -0.0629. The van der Waals surface area contributed by atoms with E-state index in [2.05, 4.69) is 4.18 Å². The van der Waals surface area contributed by atoms with Crippen LogP contribution in [-0.2, 0) is 23.8 Å². The van der Waals surface area contributed by atoms with Gasteiger partial charge in [0.25, 0.3) is 0 Å². The molecule has 0 saturated carbocycles. The minimum absolute atomic E-state index is 0.124.